The van der Waals surface area contributed by atoms with Crippen LogP contribution in [-0.4, -0.2) is 32.4 Å². The van der Waals surface area contributed by atoms with Crippen molar-refractivity contribution in [2.24, 2.45) is 5.10 Å². The average Bonchev–Trinajstić information content (AvgIpc) is 2.64. The number of methoxy groups -OCH3 is 1. The molecular formula is C19H21ClN2O4. The maximum absolute atomic E-state index is 12.1. The molecule has 0 spiro atoms. The van der Waals surface area contributed by atoms with Gasteiger partial charge in [-0.1, -0.05) is 11.6 Å². The number of hydrogen-bond donors (Lipinski definition) is 1. The molecule has 2 aromatic carbocycles. The number of nitrogens with zero attached hydrogens (tertiary/aromatic N) is 1. The molecule has 0 saturated carbocycles. The molecule has 0 radical (unpaired) electrons. The number of halogens is 1. The first-order valence-corrected chi connectivity index (χ1v) is 8.53. The molecule has 0 saturated heterocycles. The second-order valence-electron chi connectivity index (χ2n) is 5.12. The van der Waals surface area contributed by atoms with E-state index >= 15 is 0 Å². The lowest BCUT2D eigenvalue weighted by molar-refractivity contribution is 0.0955. The van der Waals surface area contributed by atoms with Crippen LogP contribution in [0.2, 0.25) is 5.02 Å². The van der Waals surface area contributed by atoms with E-state index < -0.39 is 0 Å². The Morgan fingerprint density at radius 2 is 1.85 bits per heavy atom. The summed E-state index contributed by atoms with van der Waals surface area (Å²) in [6.07, 6.45) is 1.48. The number of hydrazone groups is 1. The maximum atomic E-state index is 12.1. The zero-order valence-electron chi connectivity index (χ0n) is 14.9. The molecule has 1 N–H and O–H groups in total. The molecule has 0 atom stereocenters. The van der Waals surface area contributed by atoms with Gasteiger partial charge in [0.1, 0.15) is 5.75 Å². The first-order chi connectivity index (χ1) is 12.6. The minimum Gasteiger partial charge on any atom is -0.494 e. The van der Waals surface area contributed by atoms with E-state index in [0.717, 1.165) is 0 Å². The number of carbonyl (C=O) groups is 1. The molecule has 0 aliphatic carbocycles. The molecule has 1 amide bonds. The van der Waals surface area contributed by atoms with Crippen molar-refractivity contribution in [3.8, 4) is 17.2 Å². The fraction of sp³-hybridized carbons (Fsp3) is 0.263. The Morgan fingerprint density at radius 1 is 1.15 bits per heavy atom. The van der Waals surface area contributed by atoms with Crippen molar-refractivity contribution < 1.29 is 19.0 Å². The predicted molar refractivity (Wildman–Crippen MR) is 102 cm³/mol. The van der Waals surface area contributed by atoms with Crippen molar-refractivity contribution in [1.29, 1.82) is 0 Å². The van der Waals surface area contributed by atoms with Gasteiger partial charge < -0.3 is 14.2 Å². The molecule has 0 bridgehead atoms. The van der Waals surface area contributed by atoms with E-state index in [4.69, 9.17) is 25.8 Å². The third-order valence-corrected chi connectivity index (χ3v) is 3.63. The molecule has 26 heavy (non-hydrogen) atoms. The van der Waals surface area contributed by atoms with Crippen LogP contribution in [0.1, 0.15) is 29.8 Å². The van der Waals surface area contributed by atoms with E-state index in [1.54, 1.807) is 36.4 Å². The molecule has 2 rings (SSSR count). The summed E-state index contributed by atoms with van der Waals surface area (Å²) < 4.78 is 16.1. The number of nitrogens with one attached hydrogen (secondary N) is 1. The molecule has 0 aromatic heterocycles. The largest absolute Gasteiger partial charge is 0.494 e. The molecule has 0 heterocycles. The quantitative estimate of drug-likeness (QED) is 0.560. The van der Waals surface area contributed by atoms with Crippen LogP contribution >= 0.6 is 11.6 Å². The van der Waals surface area contributed by atoms with Crippen LogP contribution < -0.4 is 19.6 Å². The van der Waals surface area contributed by atoms with Crippen LogP contribution in [0.15, 0.2) is 41.5 Å². The second kappa shape index (κ2) is 9.68. The summed E-state index contributed by atoms with van der Waals surface area (Å²) in [5.41, 5.74) is 3.62. The molecule has 0 aliphatic heterocycles. The van der Waals surface area contributed by atoms with Crippen molar-refractivity contribution in [1.82, 2.24) is 5.43 Å². The summed E-state index contributed by atoms with van der Waals surface area (Å²) in [4.78, 5) is 12.1. The predicted octanol–water partition coefficient (Wildman–Crippen LogP) is 3.91. The van der Waals surface area contributed by atoms with Gasteiger partial charge in [0.15, 0.2) is 11.5 Å². The molecule has 0 unspecified atom stereocenters. The first kappa shape index (κ1) is 19.6. The van der Waals surface area contributed by atoms with Gasteiger partial charge in [-0.05, 0) is 55.8 Å². The van der Waals surface area contributed by atoms with Gasteiger partial charge in [0, 0.05) is 5.56 Å². The number of amides is 1. The van der Waals surface area contributed by atoms with Gasteiger partial charge in [0.2, 0.25) is 0 Å². The van der Waals surface area contributed by atoms with Crippen LogP contribution in [-0.2, 0) is 0 Å². The van der Waals surface area contributed by atoms with Crippen molar-refractivity contribution in [3.63, 3.8) is 0 Å². The molecule has 0 aliphatic rings. The first-order valence-electron chi connectivity index (χ1n) is 8.15. The smallest absolute Gasteiger partial charge is 0.271 e. The number of hydrogen-bond acceptors (Lipinski definition) is 5. The number of benzene rings is 2. The number of ether oxygens (including phenoxy) is 3. The third kappa shape index (κ3) is 5.13. The Morgan fingerprint density at radius 3 is 2.46 bits per heavy atom. The summed E-state index contributed by atoms with van der Waals surface area (Å²) in [6, 6.07) is 10.2. The van der Waals surface area contributed by atoms with Crippen LogP contribution in [0.3, 0.4) is 0 Å². The van der Waals surface area contributed by atoms with Crippen LogP contribution in [0.5, 0.6) is 17.2 Å². The molecule has 0 fully saturated rings. The Kier molecular flexibility index (Phi) is 7.29. The zero-order chi connectivity index (χ0) is 18.9. The summed E-state index contributed by atoms with van der Waals surface area (Å²) in [6.45, 7) is 4.81. The lowest BCUT2D eigenvalue weighted by Gasteiger charge is -2.11. The highest BCUT2D eigenvalue weighted by Crippen LogP contribution is 2.35. The zero-order valence-corrected chi connectivity index (χ0v) is 15.7. The third-order valence-electron chi connectivity index (χ3n) is 3.35. The summed E-state index contributed by atoms with van der Waals surface area (Å²) in [7, 11) is 1.53. The van der Waals surface area contributed by atoms with Crippen molar-refractivity contribution in [2.75, 3.05) is 20.3 Å². The van der Waals surface area contributed by atoms with E-state index in [1.807, 2.05) is 13.8 Å². The Balaban J connectivity index is 2.05. The molecule has 7 heteroatoms. The fourth-order valence-corrected chi connectivity index (χ4v) is 2.47. The van der Waals surface area contributed by atoms with Gasteiger partial charge in [-0.3, -0.25) is 4.79 Å². The number of rotatable bonds is 8. The monoisotopic (exact) mass is 376 g/mol. The van der Waals surface area contributed by atoms with E-state index in [0.29, 0.717) is 46.6 Å². The van der Waals surface area contributed by atoms with E-state index in [9.17, 15) is 4.79 Å². The van der Waals surface area contributed by atoms with E-state index in [2.05, 4.69) is 10.5 Å². The molecular weight excluding hydrogens is 356 g/mol. The van der Waals surface area contributed by atoms with Crippen LogP contribution in [0.25, 0.3) is 0 Å². The fourth-order valence-electron chi connectivity index (χ4n) is 2.20. The van der Waals surface area contributed by atoms with Gasteiger partial charge in [0.05, 0.1) is 31.6 Å². The van der Waals surface area contributed by atoms with Crippen LogP contribution in [0.4, 0.5) is 0 Å². The Bertz CT molecular complexity index is 776. The summed E-state index contributed by atoms with van der Waals surface area (Å²) in [5.74, 6) is 1.36. The minimum atomic E-state index is -0.326. The Hall–Kier alpha value is -2.73. The highest BCUT2D eigenvalue weighted by atomic mass is 35.5. The lowest BCUT2D eigenvalue weighted by Crippen LogP contribution is -2.17. The van der Waals surface area contributed by atoms with Crippen molar-refractivity contribution in [2.45, 2.75) is 13.8 Å². The van der Waals surface area contributed by atoms with Crippen LogP contribution in [0, 0.1) is 0 Å². The summed E-state index contributed by atoms with van der Waals surface area (Å²) >= 11 is 6.20. The van der Waals surface area contributed by atoms with E-state index in [-0.39, 0.29) is 5.91 Å². The van der Waals surface area contributed by atoms with Gasteiger partial charge >= 0.3 is 0 Å². The van der Waals surface area contributed by atoms with Crippen molar-refractivity contribution in [3.05, 3.63) is 52.5 Å². The van der Waals surface area contributed by atoms with E-state index in [1.165, 1.54) is 13.3 Å². The molecule has 6 nitrogen and oxygen atoms in total. The normalized spacial score (nSPS) is 10.6. The number of carbonyl (C=O) groups excluding carboxylic acids is 1. The molecule has 2 aromatic rings. The average molecular weight is 377 g/mol. The Labute approximate surface area is 157 Å². The highest BCUT2D eigenvalue weighted by molar-refractivity contribution is 6.32. The van der Waals surface area contributed by atoms with Crippen molar-refractivity contribution >= 4 is 23.7 Å². The highest BCUT2D eigenvalue weighted by Gasteiger charge is 2.11. The van der Waals surface area contributed by atoms with Gasteiger partial charge in [-0.2, -0.15) is 5.10 Å². The van der Waals surface area contributed by atoms with Gasteiger partial charge in [-0.25, -0.2) is 5.43 Å². The topological polar surface area (TPSA) is 69.2 Å². The minimum absolute atomic E-state index is 0.326. The van der Waals surface area contributed by atoms with Gasteiger partial charge in [-0.15, -0.1) is 0 Å². The molecule has 138 valence electrons. The SMILES string of the molecule is CCOc1ccc(C(=O)N/N=C\c2cc(Cl)c(OCC)c(OC)c2)cc1. The van der Waals surface area contributed by atoms with Gasteiger partial charge in [0.25, 0.3) is 5.91 Å². The lowest BCUT2D eigenvalue weighted by atomic mass is 10.2. The standard InChI is InChI=1S/C19H21ClN2O4/c1-4-25-15-8-6-14(7-9-15)19(23)22-21-12-13-10-16(20)18(26-5-2)17(11-13)24-3/h6-12H,4-5H2,1-3H3,(H,22,23)/b21-12-. The maximum Gasteiger partial charge on any atom is 0.271 e. The summed E-state index contributed by atoms with van der Waals surface area (Å²) in [5, 5.41) is 4.37. The second-order valence-corrected chi connectivity index (χ2v) is 5.53.